The number of amides is 1. The summed E-state index contributed by atoms with van der Waals surface area (Å²) in [5, 5.41) is 2.85. The smallest absolute Gasteiger partial charge is 0.248 e. The molecule has 2 atom stereocenters. The summed E-state index contributed by atoms with van der Waals surface area (Å²) in [5.74, 6) is 1.15. The summed E-state index contributed by atoms with van der Waals surface area (Å²) < 4.78 is 5.09. The number of hydrogen-bond acceptors (Lipinski definition) is 2. The Morgan fingerprint density at radius 3 is 2.92 bits per heavy atom. The van der Waals surface area contributed by atoms with Crippen LogP contribution in [0.2, 0.25) is 0 Å². The maximum Gasteiger partial charge on any atom is 0.248 e. The van der Waals surface area contributed by atoms with Gasteiger partial charge in [0.15, 0.2) is 0 Å². The van der Waals surface area contributed by atoms with Crippen molar-refractivity contribution in [1.82, 2.24) is 5.32 Å². The highest BCUT2D eigenvalue weighted by Gasteiger charge is 2.28. The molecule has 1 aliphatic rings. The van der Waals surface area contributed by atoms with Crippen molar-refractivity contribution >= 4 is 5.91 Å². The van der Waals surface area contributed by atoms with E-state index in [0.29, 0.717) is 5.92 Å². The molecule has 1 unspecified atom stereocenters. The molecule has 68 valence electrons. The van der Waals surface area contributed by atoms with Crippen LogP contribution in [-0.4, -0.2) is 19.1 Å². The van der Waals surface area contributed by atoms with E-state index in [-0.39, 0.29) is 11.9 Å². The van der Waals surface area contributed by atoms with Crippen molar-refractivity contribution in [2.24, 2.45) is 5.92 Å². The molecule has 0 aliphatic carbocycles. The fraction of sp³-hybridized carbons (Fsp3) is 0.667. The number of ether oxygens (including phenoxy) is 1. The third kappa shape index (κ3) is 1.60. The molecule has 0 bridgehead atoms. The Bertz CT molecular complexity index is 211. The number of methoxy groups -OCH3 is 1. The summed E-state index contributed by atoms with van der Waals surface area (Å²) in [6.45, 7) is 4.20. The predicted molar refractivity (Wildman–Crippen MR) is 46.5 cm³/mol. The maximum atomic E-state index is 11.0. The fourth-order valence-corrected chi connectivity index (χ4v) is 1.33. The lowest BCUT2D eigenvalue weighted by Crippen LogP contribution is -2.34. The Balaban J connectivity index is 2.68. The molecule has 0 fully saturated rings. The monoisotopic (exact) mass is 169 g/mol. The number of hydrogen-bond donors (Lipinski definition) is 1. The van der Waals surface area contributed by atoms with Gasteiger partial charge in [-0.25, -0.2) is 0 Å². The molecule has 0 spiro atoms. The summed E-state index contributed by atoms with van der Waals surface area (Å²) in [6, 6.07) is 0.0764. The van der Waals surface area contributed by atoms with Crippen LogP contribution < -0.4 is 5.32 Å². The second-order valence-corrected chi connectivity index (χ2v) is 3.12. The van der Waals surface area contributed by atoms with Crippen LogP contribution >= 0.6 is 0 Å². The van der Waals surface area contributed by atoms with Gasteiger partial charge in [-0.15, -0.1) is 0 Å². The van der Waals surface area contributed by atoms with Gasteiger partial charge in [0.05, 0.1) is 13.2 Å². The molecule has 1 rings (SSSR count). The topological polar surface area (TPSA) is 38.3 Å². The van der Waals surface area contributed by atoms with Gasteiger partial charge >= 0.3 is 0 Å². The molecule has 0 aromatic heterocycles. The lowest BCUT2D eigenvalue weighted by atomic mass is 9.99. The van der Waals surface area contributed by atoms with Crippen LogP contribution in [-0.2, 0) is 9.53 Å². The van der Waals surface area contributed by atoms with Gasteiger partial charge in [-0.05, 0) is 5.92 Å². The van der Waals surface area contributed by atoms with Crippen LogP contribution in [0, 0.1) is 5.92 Å². The van der Waals surface area contributed by atoms with E-state index < -0.39 is 0 Å². The van der Waals surface area contributed by atoms with E-state index in [1.165, 1.54) is 6.08 Å². The minimum Gasteiger partial charge on any atom is -0.499 e. The Morgan fingerprint density at radius 2 is 2.42 bits per heavy atom. The largest absolute Gasteiger partial charge is 0.499 e. The zero-order valence-electron chi connectivity index (χ0n) is 7.76. The molecule has 0 radical (unpaired) electrons. The first-order valence-electron chi connectivity index (χ1n) is 4.25. The Kier molecular flexibility index (Phi) is 2.74. The summed E-state index contributed by atoms with van der Waals surface area (Å²) in [7, 11) is 1.60. The highest BCUT2D eigenvalue weighted by molar-refractivity contribution is 5.91. The molecule has 3 heteroatoms. The molecule has 0 aromatic rings. The van der Waals surface area contributed by atoms with E-state index in [1.807, 2.05) is 0 Å². The normalized spacial score (nSPS) is 24.8. The average molecular weight is 169 g/mol. The minimum absolute atomic E-state index is 0.0443. The van der Waals surface area contributed by atoms with Gasteiger partial charge in [0.2, 0.25) is 5.91 Å². The van der Waals surface area contributed by atoms with Crippen LogP contribution in [0.25, 0.3) is 0 Å². The van der Waals surface area contributed by atoms with Crippen molar-refractivity contribution in [2.45, 2.75) is 26.3 Å². The molecule has 1 N–H and O–H groups in total. The average Bonchev–Trinajstić information content (AvgIpc) is 2.45. The third-order valence-corrected chi connectivity index (χ3v) is 2.33. The summed E-state index contributed by atoms with van der Waals surface area (Å²) in [5.41, 5.74) is 0. The van der Waals surface area contributed by atoms with Gasteiger partial charge in [0, 0.05) is 6.08 Å². The predicted octanol–water partition coefficient (Wildman–Crippen LogP) is 1.06. The molecule has 0 aromatic carbocycles. The standard InChI is InChI=1S/C9H15NO2/c1-4-6(2)9-7(12-3)5-8(11)10-9/h5-6,9H,4H2,1-3H3,(H,10,11)/t6?,9-/m1/s1. The molecule has 1 heterocycles. The van der Waals surface area contributed by atoms with Gasteiger partial charge < -0.3 is 10.1 Å². The Morgan fingerprint density at radius 1 is 1.75 bits per heavy atom. The van der Waals surface area contributed by atoms with Crippen molar-refractivity contribution < 1.29 is 9.53 Å². The van der Waals surface area contributed by atoms with E-state index in [1.54, 1.807) is 7.11 Å². The number of carbonyl (C=O) groups excluding carboxylic acids is 1. The van der Waals surface area contributed by atoms with E-state index in [2.05, 4.69) is 19.2 Å². The quantitative estimate of drug-likeness (QED) is 0.686. The van der Waals surface area contributed by atoms with E-state index in [4.69, 9.17) is 4.74 Å². The minimum atomic E-state index is -0.0443. The first-order valence-corrected chi connectivity index (χ1v) is 4.25. The van der Waals surface area contributed by atoms with Crippen LogP contribution in [0.3, 0.4) is 0 Å². The highest BCUT2D eigenvalue weighted by Crippen LogP contribution is 2.19. The lowest BCUT2D eigenvalue weighted by Gasteiger charge is -2.19. The second kappa shape index (κ2) is 3.61. The Labute approximate surface area is 72.8 Å². The highest BCUT2D eigenvalue weighted by atomic mass is 16.5. The van der Waals surface area contributed by atoms with E-state index >= 15 is 0 Å². The fourth-order valence-electron chi connectivity index (χ4n) is 1.33. The van der Waals surface area contributed by atoms with Crippen molar-refractivity contribution in [3.63, 3.8) is 0 Å². The lowest BCUT2D eigenvalue weighted by molar-refractivity contribution is -0.116. The van der Waals surface area contributed by atoms with Gasteiger partial charge in [-0.1, -0.05) is 20.3 Å². The van der Waals surface area contributed by atoms with Gasteiger partial charge in [-0.3, -0.25) is 4.79 Å². The molecule has 1 amide bonds. The van der Waals surface area contributed by atoms with Crippen molar-refractivity contribution in [2.75, 3.05) is 7.11 Å². The zero-order valence-corrected chi connectivity index (χ0v) is 7.76. The van der Waals surface area contributed by atoms with E-state index in [9.17, 15) is 4.79 Å². The number of rotatable bonds is 3. The summed E-state index contributed by atoms with van der Waals surface area (Å²) >= 11 is 0. The maximum absolute atomic E-state index is 11.0. The van der Waals surface area contributed by atoms with Crippen molar-refractivity contribution in [3.05, 3.63) is 11.8 Å². The SMILES string of the molecule is CCC(C)[C@H]1NC(=O)C=C1OC. The van der Waals surface area contributed by atoms with Gasteiger partial charge in [-0.2, -0.15) is 0 Å². The van der Waals surface area contributed by atoms with Crippen LogP contribution in [0.1, 0.15) is 20.3 Å². The number of nitrogens with one attached hydrogen (secondary N) is 1. The number of carbonyl (C=O) groups is 1. The van der Waals surface area contributed by atoms with Crippen LogP contribution in [0.15, 0.2) is 11.8 Å². The summed E-state index contributed by atoms with van der Waals surface area (Å²) in [4.78, 5) is 11.0. The first-order chi connectivity index (χ1) is 5.69. The van der Waals surface area contributed by atoms with E-state index in [0.717, 1.165) is 12.2 Å². The van der Waals surface area contributed by atoms with Gasteiger partial charge in [0.1, 0.15) is 5.76 Å². The molecule has 0 saturated heterocycles. The van der Waals surface area contributed by atoms with Crippen molar-refractivity contribution in [1.29, 1.82) is 0 Å². The Hall–Kier alpha value is -0.990. The molecule has 1 aliphatic heterocycles. The molecular weight excluding hydrogens is 154 g/mol. The molecule has 0 saturated carbocycles. The molecular formula is C9H15NO2. The zero-order chi connectivity index (χ0) is 9.14. The third-order valence-electron chi connectivity index (χ3n) is 2.33. The molecule has 3 nitrogen and oxygen atoms in total. The van der Waals surface area contributed by atoms with Crippen LogP contribution in [0.4, 0.5) is 0 Å². The second-order valence-electron chi connectivity index (χ2n) is 3.12. The van der Waals surface area contributed by atoms with Crippen LogP contribution in [0.5, 0.6) is 0 Å². The van der Waals surface area contributed by atoms with Gasteiger partial charge in [0.25, 0.3) is 0 Å². The summed E-state index contributed by atoms with van der Waals surface area (Å²) in [6.07, 6.45) is 2.56. The first kappa shape index (κ1) is 9.10. The van der Waals surface area contributed by atoms with Crippen molar-refractivity contribution in [3.8, 4) is 0 Å². The molecule has 12 heavy (non-hydrogen) atoms.